The first-order valence-electron chi connectivity index (χ1n) is 11.5. The average molecular weight is 471 g/mol. The lowest BCUT2D eigenvalue weighted by Crippen LogP contribution is -2.01. The summed E-state index contributed by atoms with van der Waals surface area (Å²) < 4.78 is 7.56. The highest BCUT2D eigenvalue weighted by molar-refractivity contribution is 7.98. The maximum Gasteiger partial charge on any atom is 0.237 e. The summed E-state index contributed by atoms with van der Waals surface area (Å²) in [5.41, 5.74) is 3.93. The van der Waals surface area contributed by atoms with Gasteiger partial charge in [-0.05, 0) is 25.0 Å². The number of para-hydroxylation sites is 1. The first-order chi connectivity index (χ1) is 16.6. The van der Waals surface area contributed by atoms with Gasteiger partial charge in [-0.25, -0.2) is 4.98 Å². The van der Waals surface area contributed by atoms with Gasteiger partial charge < -0.3 is 9.09 Å². The van der Waals surface area contributed by atoms with Crippen LogP contribution in [0.1, 0.15) is 32.5 Å². The van der Waals surface area contributed by atoms with Gasteiger partial charge in [0.1, 0.15) is 0 Å². The third-order valence-corrected chi connectivity index (χ3v) is 6.44. The molecule has 3 aromatic heterocycles. The van der Waals surface area contributed by atoms with Crippen LogP contribution in [0.15, 0.2) is 70.3 Å². The molecule has 0 aliphatic carbocycles. The molecule has 0 radical (unpaired) electrons. The van der Waals surface area contributed by atoms with Crippen molar-refractivity contribution >= 4 is 22.7 Å². The molecule has 0 spiro atoms. The lowest BCUT2D eigenvalue weighted by Gasteiger charge is -2.11. The van der Waals surface area contributed by atoms with Gasteiger partial charge >= 0.3 is 0 Å². The molecule has 0 bridgehead atoms. The molecule has 0 amide bonds. The van der Waals surface area contributed by atoms with Gasteiger partial charge in [0.2, 0.25) is 5.89 Å². The van der Waals surface area contributed by atoms with Crippen LogP contribution in [0.25, 0.3) is 33.5 Å². The molecule has 5 rings (SSSR count). The fourth-order valence-corrected chi connectivity index (χ4v) is 4.76. The zero-order valence-corrected chi connectivity index (χ0v) is 20.3. The second kappa shape index (κ2) is 9.77. The number of hydrogen-bond donors (Lipinski definition) is 0. The van der Waals surface area contributed by atoms with E-state index in [1.54, 1.807) is 11.8 Å². The van der Waals surface area contributed by atoms with E-state index in [9.17, 15) is 0 Å². The number of nitrogens with zero attached hydrogens (tertiary/aromatic N) is 6. The van der Waals surface area contributed by atoms with Crippen molar-refractivity contribution in [1.29, 1.82) is 0 Å². The van der Waals surface area contributed by atoms with Crippen LogP contribution >= 0.6 is 11.8 Å². The molecular weight excluding hydrogens is 444 g/mol. The van der Waals surface area contributed by atoms with Crippen molar-refractivity contribution in [3.63, 3.8) is 0 Å². The van der Waals surface area contributed by atoms with Crippen LogP contribution < -0.4 is 0 Å². The molecule has 2 aromatic carbocycles. The summed E-state index contributed by atoms with van der Waals surface area (Å²) in [6.07, 6.45) is 0.808. The normalized spacial score (nSPS) is 11.5. The van der Waals surface area contributed by atoms with E-state index >= 15 is 0 Å². The summed E-state index contributed by atoms with van der Waals surface area (Å²) in [5, 5.41) is 15.1. The summed E-state index contributed by atoms with van der Waals surface area (Å²) in [5.74, 6) is 3.22. The molecular formula is C26H26N6OS. The summed E-state index contributed by atoms with van der Waals surface area (Å²) in [7, 11) is 0. The quantitative estimate of drug-likeness (QED) is 0.255. The monoisotopic (exact) mass is 470 g/mol. The van der Waals surface area contributed by atoms with E-state index in [1.807, 2.05) is 36.4 Å². The standard InChI is InChI=1S/C26H26N6OS/c1-4-32-25(29-30-26(32)34-16-24-28-23(31-33-24)14-17(2)3)20-15-22(18-10-6-5-7-11-18)27-21-13-9-8-12-19(20)21/h5-13,15,17H,4,14,16H2,1-3H3. The van der Waals surface area contributed by atoms with Crippen molar-refractivity contribution in [2.75, 3.05) is 0 Å². The largest absolute Gasteiger partial charge is 0.338 e. The molecule has 0 saturated heterocycles. The third-order valence-electron chi connectivity index (χ3n) is 5.49. The van der Waals surface area contributed by atoms with Crippen LogP contribution in [0.4, 0.5) is 0 Å². The maximum absolute atomic E-state index is 5.43. The second-order valence-corrected chi connectivity index (χ2v) is 9.42. The smallest absolute Gasteiger partial charge is 0.237 e. The minimum Gasteiger partial charge on any atom is -0.338 e. The fourth-order valence-electron chi connectivity index (χ4n) is 3.92. The number of rotatable bonds is 8. The predicted octanol–water partition coefficient (Wildman–Crippen LogP) is 6.05. The molecule has 0 N–H and O–H groups in total. The van der Waals surface area contributed by atoms with Crippen LogP contribution in [-0.2, 0) is 18.7 Å². The molecule has 172 valence electrons. The summed E-state index contributed by atoms with van der Waals surface area (Å²) in [6.45, 7) is 7.13. The molecule has 7 nitrogen and oxygen atoms in total. The van der Waals surface area contributed by atoms with E-state index in [0.717, 1.165) is 57.5 Å². The number of pyridine rings is 1. The minimum absolute atomic E-state index is 0.486. The van der Waals surface area contributed by atoms with Crippen molar-refractivity contribution in [3.05, 3.63) is 72.4 Å². The Morgan fingerprint density at radius 2 is 1.76 bits per heavy atom. The Morgan fingerprint density at radius 3 is 2.56 bits per heavy atom. The highest BCUT2D eigenvalue weighted by atomic mass is 32.2. The Hall–Kier alpha value is -3.52. The third kappa shape index (κ3) is 4.59. The van der Waals surface area contributed by atoms with E-state index in [2.05, 4.69) is 69.9 Å². The Morgan fingerprint density at radius 1 is 0.971 bits per heavy atom. The maximum atomic E-state index is 5.43. The number of thioether (sulfide) groups is 1. The Bertz CT molecular complexity index is 1410. The number of benzene rings is 2. The van der Waals surface area contributed by atoms with Gasteiger partial charge in [0.15, 0.2) is 16.8 Å². The van der Waals surface area contributed by atoms with Crippen LogP contribution in [-0.4, -0.2) is 29.9 Å². The molecule has 34 heavy (non-hydrogen) atoms. The lowest BCUT2D eigenvalue weighted by molar-refractivity contribution is 0.382. The Labute approximate surface area is 202 Å². The van der Waals surface area contributed by atoms with Crippen molar-refractivity contribution in [2.24, 2.45) is 5.92 Å². The zero-order chi connectivity index (χ0) is 23.5. The number of hydrogen-bond acceptors (Lipinski definition) is 7. The number of fused-ring (bicyclic) bond motifs is 1. The summed E-state index contributed by atoms with van der Waals surface area (Å²) >= 11 is 1.56. The molecule has 0 saturated carbocycles. The average Bonchev–Trinajstić information content (AvgIpc) is 3.48. The van der Waals surface area contributed by atoms with Crippen LogP contribution in [0.2, 0.25) is 0 Å². The first kappa shape index (κ1) is 22.3. The molecule has 0 unspecified atom stereocenters. The summed E-state index contributed by atoms with van der Waals surface area (Å²) in [4.78, 5) is 9.41. The van der Waals surface area contributed by atoms with E-state index in [4.69, 9.17) is 9.51 Å². The molecule has 8 heteroatoms. The van der Waals surface area contributed by atoms with E-state index in [-0.39, 0.29) is 0 Å². The van der Waals surface area contributed by atoms with Gasteiger partial charge in [-0.2, -0.15) is 4.98 Å². The summed E-state index contributed by atoms with van der Waals surface area (Å²) in [6, 6.07) is 20.5. The number of aromatic nitrogens is 6. The molecule has 0 fully saturated rings. The van der Waals surface area contributed by atoms with Crippen LogP contribution in [0, 0.1) is 5.92 Å². The van der Waals surface area contributed by atoms with Gasteiger partial charge in [-0.3, -0.25) is 0 Å². The van der Waals surface area contributed by atoms with Crippen molar-refractivity contribution in [3.8, 4) is 22.6 Å². The predicted molar refractivity (Wildman–Crippen MR) is 134 cm³/mol. The topological polar surface area (TPSA) is 82.5 Å². The minimum atomic E-state index is 0.486. The van der Waals surface area contributed by atoms with E-state index < -0.39 is 0 Å². The van der Waals surface area contributed by atoms with Gasteiger partial charge in [-0.15, -0.1) is 10.2 Å². The Balaban J connectivity index is 1.50. The Kier molecular flexibility index (Phi) is 6.40. The van der Waals surface area contributed by atoms with Gasteiger partial charge in [0.25, 0.3) is 0 Å². The first-order valence-corrected chi connectivity index (χ1v) is 12.4. The van der Waals surface area contributed by atoms with Gasteiger partial charge in [0.05, 0.1) is 17.0 Å². The molecule has 0 aliphatic heterocycles. The highest BCUT2D eigenvalue weighted by Gasteiger charge is 2.18. The lowest BCUT2D eigenvalue weighted by atomic mass is 10.0. The van der Waals surface area contributed by atoms with E-state index in [0.29, 0.717) is 17.6 Å². The van der Waals surface area contributed by atoms with Crippen molar-refractivity contribution in [2.45, 2.75) is 44.6 Å². The van der Waals surface area contributed by atoms with Crippen molar-refractivity contribution < 1.29 is 4.52 Å². The SMILES string of the molecule is CCn1c(SCc2nc(CC(C)C)no2)nnc1-c1cc(-c2ccccc2)nc2ccccc12. The molecule has 5 aromatic rings. The van der Waals surface area contributed by atoms with Crippen LogP contribution in [0.5, 0.6) is 0 Å². The highest BCUT2D eigenvalue weighted by Crippen LogP contribution is 2.33. The molecule has 0 aliphatic rings. The van der Waals surface area contributed by atoms with Crippen molar-refractivity contribution in [1.82, 2.24) is 29.9 Å². The van der Waals surface area contributed by atoms with Crippen LogP contribution in [0.3, 0.4) is 0 Å². The van der Waals surface area contributed by atoms with Gasteiger partial charge in [0, 0.05) is 29.5 Å². The zero-order valence-electron chi connectivity index (χ0n) is 19.5. The fraction of sp³-hybridized carbons (Fsp3) is 0.269. The molecule has 0 atom stereocenters. The van der Waals surface area contributed by atoms with E-state index in [1.165, 1.54) is 0 Å². The molecule has 3 heterocycles. The second-order valence-electron chi connectivity index (χ2n) is 8.48. The van der Waals surface area contributed by atoms with Gasteiger partial charge in [-0.1, -0.05) is 79.3 Å².